The van der Waals surface area contributed by atoms with E-state index in [9.17, 15) is 9.18 Å². The van der Waals surface area contributed by atoms with E-state index < -0.39 is 0 Å². The largest absolute Gasteiger partial charge is 0.351 e. The first-order chi connectivity index (χ1) is 7.85. The summed E-state index contributed by atoms with van der Waals surface area (Å²) >= 11 is 5.77. The van der Waals surface area contributed by atoms with Gasteiger partial charge in [-0.3, -0.25) is 4.79 Å². The molecule has 1 N–H and O–H groups in total. The summed E-state index contributed by atoms with van der Waals surface area (Å²) in [4.78, 5) is 11.9. The van der Waals surface area contributed by atoms with Gasteiger partial charge < -0.3 is 5.32 Å². The fraction of sp³-hybridized carbons (Fsp3) is 0.462. The molecule has 0 saturated carbocycles. The van der Waals surface area contributed by atoms with E-state index in [2.05, 4.69) is 5.32 Å². The van der Waals surface area contributed by atoms with Crippen LogP contribution in [0, 0.1) is 18.2 Å². The van der Waals surface area contributed by atoms with Crippen molar-refractivity contribution >= 4 is 17.5 Å². The predicted octanol–water partition coefficient (Wildman–Crippen LogP) is 3.13. The summed E-state index contributed by atoms with van der Waals surface area (Å²) in [6.45, 7) is 6.15. The first-order valence-electron chi connectivity index (χ1n) is 5.46. The lowest BCUT2D eigenvalue weighted by atomic mass is 9.96. The van der Waals surface area contributed by atoms with Crippen molar-refractivity contribution in [3.05, 3.63) is 35.1 Å². The standard InChI is InChI=1S/C13H17ClFNO/c1-9-6-10(15)4-5-11(9)12(17)16-8-13(2,3)7-14/h4-6H,7-8H2,1-3H3,(H,16,17). The van der Waals surface area contributed by atoms with Crippen LogP contribution in [0.25, 0.3) is 0 Å². The highest BCUT2D eigenvalue weighted by Gasteiger charge is 2.18. The van der Waals surface area contributed by atoms with Crippen LogP contribution in [-0.2, 0) is 0 Å². The first kappa shape index (κ1) is 14.0. The third-order valence-electron chi connectivity index (χ3n) is 2.52. The van der Waals surface area contributed by atoms with Crippen molar-refractivity contribution in [2.45, 2.75) is 20.8 Å². The van der Waals surface area contributed by atoms with Crippen LogP contribution in [0.1, 0.15) is 29.8 Å². The van der Waals surface area contributed by atoms with Crippen LogP contribution < -0.4 is 5.32 Å². The van der Waals surface area contributed by atoms with Crippen molar-refractivity contribution < 1.29 is 9.18 Å². The van der Waals surface area contributed by atoms with Gasteiger partial charge in [-0.25, -0.2) is 4.39 Å². The molecule has 1 rings (SSSR count). The Morgan fingerprint density at radius 1 is 1.47 bits per heavy atom. The van der Waals surface area contributed by atoms with Gasteiger partial charge in [0.15, 0.2) is 0 Å². The smallest absolute Gasteiger partial charge is 0.251 e. The molecule has 0 aliphatic rings. The molecule has 0 saturated heterocycles. The fourth-order valence-corrected chi connectivity index (χ4v) is 1.44. The molecule has 0 aliphatic heterocycles. The number of halogens is 2. The van der Waals surface area contributed by atoms with E-state index >= 15 is 0 Å². The lowest BCUT2D eigenvalue weighted by Crippen LogP contribution is -2.35. The Kier molecular flexibility index (Phi) is 4.52. The number of hydrogen-bond acceptors (Lipinski definition) is 1. The normalized spacial score (nSPS) is 11.4. The van der Waals surface area contributed by atoms with Gasteiger partial charge in [0.25, 0.3) is 5.91 Å². The van der Waals surface area contributed by atoms with E-state index in [0.717, 1.165) is 0 Å². The molecule has 2 nitrogen and oxygen atoms in total. The monoisotopic (exact) mass is 257 g/mol. The number of hydrogen-bond donors (Lipinski definition) is 1. The maximum Gasteiger partial charge on any atom is 0.251 e. The van der Waals surface area contributed by atoms with Crippen molar-refractivity contribution in [2.75, 3.05) is 12.4 Å². The first-order valence-corrected chi connectivity index (χ1v) is 5.99. The van der Waals surface area contributed by atoms with Crippen molar-refractivity contribution in [2.24, 2.45) is 5.41 Å². The van der Waals surface area contributed by atoms with E-state index in [1.165, 1.54) is 18.2 Å². The third kappa shape index (κ3) is 4.00. The van der Waals surface area contributed by atoms with Gasteiger partial charge in [-0.15, -0.1) is 11.6 Å². The molecular weight excluding hydrogens is 241 g/mol. The van der Waals surface area contributed by atoms with E-state index in [0.29, 0.717) is 23.6 Å². The van der Waals surface area contributed by atoms with Crippen LogP contribution in [0.15, 0.2) is 18.2 Å². The molecule has 0 aliphatic carbocycles. The minimum Gasteiger partial charge on any atom is -0.351 e. The summed E-state index contributed by atoms with van der Waals surface area (Å²) in [6, 6.07) is 4.13. The molecule has 0 spiro atoms. The Hall–Kier alpha value is -1.09. The average Bonchev–Trinajstić information content (AvgIpc) is 2.26. The van der Waals surface area contributed by atoms with E-state index in [-0.39, 0.29) is 17.1 Å². The van der Waals surface area contributed by atoms with E-state index in [1.54, 1.807) is 6.92 Å². The molecule has 17 heavy (non-hydrogen) atoms. The Morgan fingerprint density at radius 2 is 2.12 bits per heavy atom. The van der Waals surface area contributed by atoms with E-state index in [1.807, 2.05) is 13.8 Å². The number of rotatable bonds is 4. The number of aryl methyl sites for hydroxylation is 1. The summed E-state index contributed by atoms with van der Waals surface area (Å²) in [7, 11) is 0. The Bertz CT molecular complexity index is 418. The highest BCUT2D eigenvalue weighted by Crippen LogP contribution is 2.16. The van der Waals surface area contributed by atoms with Gasteiger partial charge >= 0.3 is 0 Å². The third-order valence-corrected chi connectivity index (χ3v) is 3.25. The zero-order chi connectivity index (χ0) is 13.1. The fourth-order valence-electron chi connectivity index (χ4n) is 1.34. The van der Waals surface area contributed by atoms with Crippen molar-refractivity contribution in [1.29, 1.82) is 0 Å². The van der Waals surface area contributed by atoms with Gasteiger partial charge in [0.1, 0.15) is 5.82 Å². The maximum absolute atomic E-state index is 12.9. The summed E-state index contributed by atoms with van der Waals surface area (Å²) in [5.41, 5.74) is 0.980. The summed E-state index contributed by atoms with van der Waals surface area (Å²) in [6.07, 6.45) is 0. The van der Waals surface area contributed by atoms with E-state index in [4.69, 9.17) is 11.6 Å². The highest BCUT2D eigenvalue weighted by molar-refractivity contribution is 6.18. The Labute approximate surface area is 106 Å². The van der Waals surface area contributed by atoms with Crippen molar-refractivity contribution in [3.63, 3.8) is 0 Å². The minimum absolute atomic E-state index is 0.148. The molecule has 0 radical (unpaired) electrons. The minimum atomic E-state index is -0.333. The Balaban J connectivity index is 2.71. The summed E-state index contributed by atoms with van der Waals surface area (Å²) in [5, 5.41) is 2.80. The van der Waals surface area contributed by atoms with Crippen molar-refractivity contribution in [1.82, 2.24) is 5.32 Å². The molecule has 0 heterocycles. The van der Waals surface area contributed by atoms with Gasteiger partial charge in [0.05, 0.1) is 0 Å². The van der Waals surface area contributed by atoms with Gasteiger partial charge in [0.2, 0.25) is 0 Å². The second kappa shape index (κ2) is 5.50. The van der Waals surface area contributed by atoms with Crippen LogP contribution in [0.5, 0.6) is 0 Å². The number of alkyl halides is 1. The zero-order valence-electron chi connectivity index (χ0n) is 10.3. The molecule has 94 valence electrons. The Morgan fingerprint density at radius 3 is 2.65 bits per heavy atom. The van der Waals surface area contributed by atoms with Crippen LogP contribution in [0.4, 0.5) is 4.39 Å². The highest BCUT2D eigenvalue weighted by atomic mass is 35.5. The van der Waals surface area contributed by atoms with Crippen LogP contribution in [-0.4, -0.2) is 18.3 Å². The molecule has 1 aromatic rings. The zero-order valence-corrected chi connectivity index (χ0v) is 11.1. The SMILES string of the molecule is Cc1cc(F)ccc1C(=O)NCC(C)(C)CCl. The number of benzene rings is 1. The molecule has 1 aromatic carbocycles. The second-order valence-electron chi connectivity index (χ2n) is 4.94. The molecule has 1 amide bonds. The van der Waals surface area contributed by atoms with Gasteiger partial charge in [0, 0.05) is 18.0 Å². The number of carbonyl (C=O) groups is 1. The quantitative estimate of drug-likeness (QED) is 0.825. The lowest BCUT2D eigenvalue weighted by Gasteiger charge is -2.21. The van der Waals surface area contributed by atoms with Crippen LogP contribution in [0.3, 0.4) is 0 Å². The number of carbonyl (C=O) groups excluding carboxylic acids is 1. The van der Waals surface area contributed by atoms with Gasteiger partial charge in [-0.05, 0) is 36.1 Å². The molecule has 0 aromatic heterocycles. The number of amides is 1. The number of nitrogens with one attached hydrogen (secondary N) is 1. The summed E-state index contributed by atoms with van der Waals surface area (Å²) < 4.78 is 12.9. The molecule has 4 heteroatoms. The molecule has 0 unspecified atom stereocenters. The molecule has 0 fully saturated rings. The lowest BCUT2D eigenvalue weighted by molar-refractivity contribution is 0.0939. The van der Waals surface area contributed by atoms with Crippen molar-refractivity contribution in [3.8, 4) is 0 Å². The van der Waals surface area contributed by atoms with Crippen LogP contribution >= 0.6 is 11.6 Å². The van der Waals surface area contributed by atoms with Gasteiger partial charge in [-0.1, -0.05) is 13.8 Å². The second-order valence-corrected chi connectivity index (χ2v) is 5.21. The van der Waals surface area contributed by atoms with Crippen LogP contribution in [0.2, 0.25) is 0 Å². The molecular formula is C13H17ClFNO. The summed E-state index contributed by atoms with van der Waals surface area (Å²) in [5.74, 6) is -0.0591. The maximum atomic E-state index is 12.9. The average molecular weight is 258 g/mol. The molecule has 0 atom stereocenters. The molecule has 0 bridgehead atoms. The van der Waals surface area contributed by atoms with Gasteiger partial charge in [-0.2, -0.15) is 0 Å². The predicted molar refractivity (Wildman–Crippen MR) is 68.0 cm³/mol. The topological polar surface area (TPSA) is 29.1 Å².